The predicted molar refractivity (Wildman–Crippen MR) is 207 cm³/mol. The standard InChI is InChI=1S/C21H26Br2O2.C7H7BrO2.C7H16O6S2.Na/c1-14(10-16-5-7-18(24-3)12-20(16)22)9-15(2)11-17-6-8-19(25-4)13-21(17)23;1-10-5-2-3-7(9)6(8)4-5;1-6(12-14(3,8)9)5-7(2)13-15(4,10)11;/h5-8,12-15H,9-11H2,1-4H3;2-4,9H,1H3;6-7H,5H2,1-4H3;/q;;;+1/p-1/t14-,15-;;6-,7+;/m0.../s1. The summed E-state index contributed by atoms with van der Waals surface area (Å²) in [5, 5.41) is 10.8. The molecule has 3 aromatic rings. The van der Waals surface area contributed by atoms with Gasteiger partial charge in [0.25, 0.3) is 20.2 Å². The summed E-state index contributed by atoms with van der Waals surface area (Å²) >= 11 is 10.4. The van der Waals surface area contributed by atoms with Crippen LogP contribution in [0.5, 0.6) is 23.0 Å². The van der Waals surface area contributed by atoms with Crippen LogP contribution in [-0.4, -0.2) is 62.9 Å². The van der Waals surface area contributed by atoms with Gasteiger partial charge in [0.15, 0.2) is 0 Å². The number of ether oxygens (including phenoxy) is 3. The summed E-state index contributed by atoms with van der Waals surface area (Å²) in [6, 6.07) is 17.2. The average molecular weight is 956 g/mol. The summed E-state index contributed by atoms with van der Waals surface area (Å²) in [6.07, 6.45) is 4.15. The molecule has 0 amide bonds. The number of benzene rings is 3. The van der Waals surface area contributed by atoms with E-state index in [4.69, 9.17) is 14.2 Å². The molecule has 282 valence electrons. The van der Waals surface area contributed by atoms with Crippen molar-refractivity contribution in [2.45, 2.75) is 65.6 Å². The van der Waals surface area contributed by atoms with Crippen molar-refractivity contribution in [2.24, 2.45) is 11.8 Å². The second kappa shape index (κ2) is 24.5. The zero-order valence-electron chi connectivity index (χ0n) is 30.9. The molecule has 0 spiro atoms. The van der Waals surface area contributed by atoms with Crippen LogP contribution in [0.25, 0.3) is 0 Å². The maximum absolute atomic E-state index is 10.8. The van der Waals surface area contributed by atoms with Crippen molar-refractivity contribution in [3.63, 3.8) is 0 Å². The van der Waals surface area contributed by atoms with Crippen LogP contribution in [0, 0.1) is 11.8 Å². The van der Waals surface area contributed by atoms with Crippen molar-refractivity contribution in [1.82, 2.24) is 0 Å². The number of rotatable bonds is 15. The van der Waals surface area contributed by atoms with E-state index in [-0.39, 0.29) is 41.7 Å². The van der Waals surface area contributed by atoms with Crippen LogP contribution < -0.4 is 48.9 Å². The van der Waals surface area contributed by atoms with Gasteiger partial charge in [-0.3, -0.25) is 8.37 Å². The van der Waals surface area contributed by atoms with Gasteiger partial charge in [-0.05, 0) is 92.5 Å². The van der Waals surface area contributed by atoms with Crippen LogP contribution in [0.2, 0.25) is 0 Å². The zero-order valence-corrected chi connectivity index (χ0v) is 39.3. The van der Waals surface area contributed by atoms with Crippen LogP contribution in [0.1, 0.15) is 51.7 Å². The summed E-state index contributed by atoms with van der Waals surface area (Å²) in [6.45, 7) is 7.72. The second-order valence-electron chi connectivity index (χ2n) is 12.0. The molecule has 0 saturated carbocycles. The van der Waals surface area contributed by atoms with Crippen LogP contribution in [0.4, 0.5) is 0 Å². The summed E-state index contributed by atoms with van der Waals surface area (Å²) < 4.78 is 70.4. The van der Waals surface area contributed by atoms with Crippen molar-refractivity contribution in [1.29, 1.82) is 0 Å². The summed E-state index contributed by atoms with van der Waals surface area (Å²) in [4.78, 5) is 0. The molecule has 51 heavy (non-hydrogen) atoms. The maximum atomic E-state index is 10.8. The molecule has 0 fully saturated rings. The number of halogens is 3. The quantitative estimate of drug-likeness (QED) is 0.146. The molecule has 0 N–H and O–H groups in total. The second-order valence-corrected chi connectivity index (χ2v) is 17.8. The fourth-order valence-corrected chi connectivity index (χ4v) is 7.74. The van der Waals surface area contributed by atoms with E-state index in [1.165, 1.54) is 37.5 Å². The van der Waals surface area contributed by atoms with Crippen molar-refractivity contribution in [3.05, 3.63) is 79.1 Å². The Morgan fingerprint density at radius 2 is 0.922 bits per heavy atom. The van der Waals surface area contributed by atoms with E-state index in [1.54, 1.807) is 33.5 Å². The van der Waals surface area contributed by atoms with Gasteiger partial charge in [0.2, 0.25) is 0 Å². The minimum absolute atomic E-state index is 0. The van der Waals surface area contributed by atoms with Crippen molar-refractivity contribution >= 4 is 68.0 Å². The van der Waals surface area contributed by atoms with E-state index in [1.807, 2.05) is 24.3 Å². The Bertz CT molecular complexity index is 1610. The first-order chi connectivity index (χ1) is 23.2. The number of methoxy groups -OCH3 is 3. The molecule has 3 rings (SSSR count). The Morgan fingerprint density at radius 3 is 1.22 bits per heavy atom. The Hall–Kier alpha value is -0.880. The summed E-state index contributed by atoms with van der Waals surface area (Å²) in [7, 11) is -2.08. The summed E-state index contributed by atoms with van der Waals surface area (Å²) in [5.41, 5.74) is 2.68. The topological polar surface area (TPSA) is 137 Å². The minimum Gasteiger partial charge on any atom is -0.872 e. The minimum atomic E-state index is -3.52. The van der Waals surface area contributed by atoms with Gasteiger partial charge in [0, 0.05) is 19.8 Å². The van der Waals surface area contributed by atoms with E-state index in [9.17, 15) is 21.9 Å². The van der Waals surface area contributed by atoms with Gasteiger partial charge in [0.05, 0.1) is 46.0 Å². The van der Waals surface area contributed by atoms with E-state index < -0.39 is 32.4 Å². The number of hydrogen-bond acceptors (Lipinski definition) is 10. The van der Waals surface area contributed by atoms with Crippen LogP contribution in [-0.2, 0) is 41.4 Å². The molecular weight excluding hydrogens is 907 g/mol. The van der Waals surface area contributed by atoms with E-state index in [0.29, 0.717) is 22.1 Å². The molecule has 0 aliphatic heterocycles. The molecule has 10 nitrogen and oxygen atoms in total. The molecule has 0 aliphatic carbocycles. The third-order valence-corrected chi connectivity index (χ3v) is 10.4. The zero-order chi connectivity index (χ0) is 38.2. The Labute approximate surface area is 352 Å². The fourth-order valence-electron chi connectivity index (χ4n) is 5.00. The molecule has 0 aliphatic rings. The van der Waals surface area contributed by atoms with Gasteiger partial charge in [-0.25, -0.2) is 0 Å². The fraction of sp³-hybridized carbons (Fsp3) is 0.486. The SMILES string of the molecule is COc1ccc(C[C@@H](C)C[C@H](C)Cc2ccc(OC)cc2Br)c(Br)c1.COc1ccc([O-])c(Br)c1.C[C@H](C[C@H](C)OS(C)(=O)=O)OS(C)(=O)=O.[Na+]. The average Bonchev–Trinajstić information content (AvgIpc) is 2.99. The third kappa shape index (κ3) is 22.2. The molecule has 0 radical (unpaired) electrons. The molecule has 0 bridgehead atoms. The molecule has 3 aromatic carbocycles. The molecular formula is C35H48Br3NaO10S2. The molecule has 16 heteroatoms. The largest absolute Gasteiger partial charge is 1.00 e. The van der Waals surface area contributed by atoms with E-state index in [2.05, 4.69) is 82.1 Å². The van der Waals surface area contributed by atoms with Crippen LogP contribution >= 0.6 is 47.8 Å². The van der Waals surface area contributed by atoms with Gasteiger partial charge in [-0.2, -0.15) is 16.8 Å². The molecule has 0 heterocycles. The van der Waals surface area contributed by atoms with Gasteiger partial charge in [-0.1, -0.05) is 85.6 Å². The number of hydrogen-bond donors (Lipinski definition) is 0. The monoisotopic (exact) mass is 952 g/mol. The van der Waals surface area contributed by atoms with E-state index >= 15 is 0 Å². The van der Waals surface area contributed by atoms with Crippen molar-refractivity contribution < 1.29 is 74.1 Å². The van der Waals surface area contributed by atoms with Gasteiger partial charge in [0.1, 0.15) is 17.2 Å². The predicted octanol–water partition coefficient (Wildman–Crippen LogP) is 5.32. The molecule has 0 aromatic heterocycles. The van der Waals surface area contributed by atoms with Gasteiger partial charge < -0.3 is 19.3 Å². The van der Waals surface area contributed by atoms with Gasteiger partial charge in [-0.15, -0.1) is 0 Å². The molecule has 0 saturated heterocycles. The van der Waals surface area contributed by atoms with Crippen LogP contribution in [0.15, 0.2) is 68.0 Å². The Balaban J connectivity index is 0.000000816. The Morgan fingerprint density at radius 1 is 0.588 bits per heavy atom. The smallest absolute Gasteiger partial charge is 0.872 e. The van der Waals surface area contributed by atoms with Crippen molar-refractivity contribution in [3.8, 4) is 23.0 Å². The molecule has 0 unspecified atom stereocenters. The first-order valence-corrected chi connectivity index (χ1v) is 21.6. The normalized spacial score (nSPS) is 13.5. The molecule has 4 atom stereocenters. The maximum Gasteiger partial charge on any atom is 1.00 e. The summed E-state index contributed by atoms with van der Waals surface area (Å²) in [5.74, 6) is 3.68. The van der Waals surface area contributed by atoms with E-state index in [0.717, 1.165) is 45.8 Å². The van der Waals surface area contributed by atoms with Crippen molar-refractivity contribution in [2.75, 3.05) is 33.8 Å². The van der Waals surface area contributed by atoms with Crippen LogP contribution in [0.3, 0.4) is 0 Å². The Kier molecular flexibility index (Phi) is 24.1. The third-order valence-electron chi connectivity index (χ3n) is 6.94. The first-order valence-electron chi connectivity index (χ1n) is 15.6. The van der Waals surface area contributed by atoms with Gasteiger partial charge >= 0.3 is 29.6 Å². The first kappa shape index (κ1) is 50.1.